The SMILES string of the molecule is Cc1nc2ccccn2c1C(=O)N(Cc1ccsc1)CC(F)(F)F. The molecule has 1 amide bonds. The first kappa shape index (κ1) is 16.5. The van der Waals surface area contributed by atoms with Gasteiger partial charge in [-0.05, 0) is 41.4 Å². The molecule has 0 saturated carbocycles. The Morgan fingerprint density at radius 2 is 2.12 bits per heavy atom. The molecule has 0 atom stereocenters. The fourth-order valence-electron chi connectivity index (χ4n) is 2.54. The predicted octanol–water partition coefficient (Wildman–Crippen LogP) is 3.91. The monoisotopic (exact) mass is 353 g/mol. The average Bonchev–Trinajstić information content (AvgIpc) is 3.11. The lowest BCUT2D eigenvalue weighted by Gasteiger charge is -2.23. The van der Waals surface area contributed by atoms with Crippen molar-refractivity contribution < 1.29 is 18.0 Å². The summed E-state index contributed by atoms with van der Waals surface area (Å²) in [5.74, 6) is -0.685. The molecular formula is C16H14F3N3OS. The third-order valence-electron chi connectivity index (χ3n) is 3.52. The van der Waals surface area contributed by atoms with Crippen LogP contribution in [-0.2, 0) is 6.54 Å². The van der Waals surface area contributed by atoms with Crippen LogP contribution in [0.3, 0.4) is 0 Å². The molecule has 0 N–H and O–H groups in total. The number of alkyl halides is 3. The van der Waals surface area contributed by atoms with Gasteiger partial charge in [0.2, 0.25) is 0 Å². The predicted molar refractivity (Wildman–Crippen MR) is 85.0 cm³/mol. The normalized spacial score (nSPS) is 11.8. The number of rotatable bonds is 4. The Bertz CT molecular complexity index is 855. The van der Waals surface area contributed by atoms with E-state index in [2.05, 4.69) is 4.98 Å². The quantitative estimate of drug-likeness (QED) is 0.713. The summed E-state index contributed by atoms with van der Waals surface area (Å²) in [5.41, 5.74) is 1.76. The van der Waals surface area contributed by atoms with E-state index in [1.165, 1.54) is 15.7 Å². The highest BCUT2D eigenvalue weighted by Crippen LogP contribution is 2.22. The minimum atomic E-state index is -4.47. The Kier molecular flexibility index (Phi) is 4.31. The highest BCUT2D eigenvalue weighted by atomic mass is 32.1. The number of aryl methyl sites for hydroxylation is 1. The second kappa shape index (κ2) is 6.27. The molecule has 0 bridgehead atoms. The topological polar surface area (TPSA) is 37.6 Å². The molecule has 4 nitrogen and oxygen atoms in total. The number of nitrogens with zero attached hydrogens (tertiary/aromatic N) is 3. The maximum absolute atomic E-state index is 12.9. The van der Waals surface area contributed by atoms with Crippen LogP contribution in [0.2, 0.25) is 0 Å². The Morgan fingerprint density at radius 1 is 1.33 bits per heavy atom. The van der Waals surface area contributed by atoms with Crippen LogP contribution < -0.4 is 0 Å². The lowest BCUT2D eigenvalue weighted by atomic mass is 10.2. The molecular weight excluding hydrogens is 339 g/mol. The molecule has 8 heteroatoms. The summed E-state index contributed by atoms with van der Waals surface area (Å²) in [7, 11) is 0. The van der Waals surface area contributed by atoms with Crippen LogP contribution in [-0.4, -0.2) is 32.9 Å². The Morgan fingerprint density at radius 3 is 2.79 bits per heavy atom. The molecule has 0 fully saturated rings. The van der Waals surface area contributed by atoms with Crippen LogP contribution in [0.25, 0.3) is 5.65 Å². The molecule has 0 spiro atoms. The van der Waals surface area contributed by atoms with Gasteiger partial charge in [0, 0.05) is 12.7 Å². The molecule has 0 aliphatic carbocycles. The minimum Gasteiger partial charge on any atom is -0.324 e. The molecule has 0 aliphatic heterocycles. The van der Waals surface area contributed by atoms with Gasteiger partial charge in [0.15, 0.2) is 0 Å². The van der Waals surface area contributed by atoms with Gasteiger partial charge < -0.3 is 4.90 Å². The fourth-order valence-corrected chi connectivity index (χ4v) is 3.20. The standard InChI is InChI=1S/C16H14F3N3OS/c1-11-14(22-6-3-2-4-13(22)20-11)15(23)21(10-16(17,18)19)8-12-5-7-24-9-12/h2-7,9H,8,10H2,1H3. The summed E-state index contributed by atoms with van der Waals surface area (Å²) in [6.45, 7) is 0.221. The first-order valence-corrected chi connectivity index (χ1v) is 8.10. The maximum atomic E-state index is 12.9. The number of halogens is 3. The summed E-state index contributed by atoms with van der Waals surface area (Å²) in [5, 5.41) is 3.50. The van der Waals surface area contributed by atoms with Crippen molar-refractivity contribution in [3.63, 3.8) is 0 Å². The number of hydrogen-bond acceptors (Lipinski definition) is 3. The van der Waals surface area contributed by atoms with Crippen molar-refractivity contribution in [2.45, 2.75) is 19.6 Å². The Balaban J connectivity index is 1.99. The fraction of sp³-hybridized carbons (Fsp3) is 0.250. The highest BCUT2D eigenvalue weighted by molar-refractivity contribution is 7.07. The van der Waals surface area contributed by atoms with E-state index in [4.69, 9.17) is 0 Å². The zero-order chi connectivity index (χ0) is 17.3. The number of thiophene rings is 1. The molecule has 0 radical (unpaired) electrons. The number of imidazole rings is 1. The molecule has 3 aromatic rings. The number of amides is 1. The van der Waals surface area contributed by atoms with Crippen molar-refractivity contribution in [2.75, 3.05) is 6.54 Å². The molecule has 0 aromatic carbocycles. The summed E-state index contributed by atoms with van der Waals surface area (Å²) >= 11 is 1.38. The van der Waals surface area contributed by atoms with Crippen LogP contribution in [0.15, 0.2) is 41.2 Å². The van der Waals surface area contributed by atoms with Gasteiger partial charge in [0.25, 0.3) is 5.91 Å². The number of hydrogen-bond donors (Lipinski definition) is 0. The van der Waals surface area contributed by atoms with E-state index in [9.17, 15) is 18.0 Å². The van der Waals surface area contributed by atoms with E-state index < -0.39 is 18.6 Å². The molecule has 0 saturated heterocycles. The number of carbonyl (C=O) groups is 1. The molecule has 3 aromatic heterocycles. The van der Waals surface area contributed by atoms with Crippen LogP contribution in [0.5, 0.6) is 0 Å². The van der Waals surface area contributed by atoms with Gasteiger partial charge >= 0.3 is 6.18 Å². The van der Waals surface area contributed by atoms with E-state index >= 15 is 0 Å². The summed E-state index contributed by atoms with van der Waals surface area (Å²) < 4.78 is 40.3. The zero-order valence-electron chi connectivity index (χ0n) is 12.7. The first-order chi connectivity index (χ1) is 11.3. The molecule has 0 aliphatic rings. The van der Waals surface area contributed by atoms with E-state index in [-0.39, 0.29) is 12.2 Å². The van der Waals surface area contributed by atoms with E-state index in [1.54, 1.807) is 48.1 Å². The Labute approximate surface area is 140 Å². The third kappa shape index (κ3) is 3.43. The van der Waals surface area contributed by atoms with Crippen molar-refractivity contribution >= 4 is 22.9 Å². The van der Waals surface area contributed by atoms with Crippen LogP contribution in [0.1, 0.15) is 21.7 Å². The molecule has 0 unspecified atom stereocenters. The smallest absolute Gasteiger partial charge is 0.324 e. The third-order valence-corrected chi connectivity index (χ3v) is 4.25. The largest absolute Gasteiger partial charge is 0.406 e. The number of carbonyl (C=O) groups excluding carboxylic acids is 1. The summed E-state index contributed by atoms with van der Waals surface area (Å²) in [4.78, 5) is 17.9. The van der Waals surface area contributed by atoms with Gasteiger partial charge in [0.1, 0.15) is 17.9 Å². The van der Waals surface area contributed by atoms with E-state index in [0.29, 0.717) is 16.9 Å². The van der Waals surface area contributed by atoms with Crippen molar-refractivity contribution in [3.8, 4) is 0 Å². The van der Waals surface area contributed by atoms with Crippen molar-refractivity contribution in [2.24, 2.45) is 0 Å². The lowest BCUT2D eigenvalue weighted by Crippen LogP contribution is -2.39. The molecule has 3 heterocycles. The van der Waals surface area contributed by atoms with Crippen molar-refractivity contribution in [3.05, 3.63) is 58.2 Å². The average molecular weight is 353 g/mol. The van der Waals surface area contributed by atoms with E-state index in [1.807, 2.05) is 0 Å². The van der Waals surface area contributed by atoms with E-state index in [0.717, 1.165) is 4.90 Å². The zero-order valence-corrected chi connectivity index (χ0v) is 13.6. The van der Waals surface area contributed by atoms with Gasteiger partial charge in [-0.1, -0.05) is 6.07 Å². The maximum Gasteiger partial charge on any atom is 0.406 e. The minimum absolute atomic E-state index is 0.0959. The summed E-state index contributed by atoms with van der Waals surface area (Å²) in [6.07, 6.45) is -2.85. The van der Waals surface area contributed by atoms with Crippen LogP contribution >= 0.6 is 11.3 Å². The second-order valence-electron chi connectivity index (χ2n) is 5.38. The van der Waals surface area contributed by atoms with Gasteiger partial charge in [-0.25, -0.2) is 4.98 Å². The molecule has 3 rings (SSSR count). The van der Waals surface area contributed by atoms with Gasteiger partial charge in [-0.3, -0.25) is 9.20 Å². The van der Waals surface area contributed by atoms with Gasteiger partial charge in [-0.2, -0.15) is 24.5 Å². The number of fused-ring (bicyclic) bond motifs is 1. The van der Waals surface area contributed by atoms with Gasteiger partial charge in [-0.15, -0.1) is 0 Å². The first-order valence-electron chi connectivity index (χ1n) is 7.16. The van der Waals surface area contributed by atoms with Crippen molar-refractivity contribution in [1.82, 2.24) is 14.3 Å². The second-order valence-corrected chi connectivity index (χ2v) is 6.16. The van der Waals surface area contributed by atoms with Crippen LogP contribution in [0, 0.1) is 6.92 Å². The Hall–Kier alpha value is -2.35. The summed E-state index contributed by atoms with van der Waals surface area (Å²) in [6, 6.07) is 6.88. The van der Waals surface area contributed by atoms with Gasteiger partial charge in [0.05, 0.1) is 5.69 Å². The molecule has 126 valence electrons. The van der Waals surface area contributed by atoms with Crippen molar-refractivity contribution in [1.29, 1.82) is 0 Å². The van der Waals surface area contributed by atoms with Crippen LogP contribution in [0.4, 0.5) is 13.2 Å². The highest BCUT2D eigenvalue weighted by Gasteiger charge is 2.34. The molecule has 24 heavy (non-hydrogen) atoms. The lowest BCUT2D eigenvalue weighted by molar-refractivity contribution is -0.141. The number of pyridine rings is 1. The number of aromatic nitrogens is 2.